The van der Waals surface area contributed by atoms with Gasteiger partial charge >= 0.3 is 0 Å². The van der Waals surface area contributed by atoms with E-state index < -0.39 is 0 Å². The number of aromatic nitrogens is 2. The van der Waals surface area contributed by atoms with E-state index in [1.54, 1.807) is 0 Å². The van der Waals surface area contributed by atoms with Crippen molar-refractivity contribution in [3.05, 3.63) is 11.4 Å². The molecule has 1 aliphatic heterocycles. The number of nitrogens with zero attached hydrogens (tertiary/aromatic N) is 3. The largest absolute Gasteiger partial charge is 0.383 e. The summed E-state index contributed by atoms with van der Waals surface area (Å²) >= 11 is 0. The van der Waals surface area contributed by atoms with E-state index in [4.69, 9.17) is 5.73 Å². The van der Waals surface area contributed by atoms with E-state index in [0.717, 1.165) is 30.3 Å². The van der Waals surface area contributed by atoms with Crippen LogP contribution in [0.4, 0.5) is 11.6 Å². The first kappa shape index (κ1) is 14.1. The molecule has 106 valence electrons. The smallest absolute Gasteiger partial charge is 0.137 e. The van der Waals surface area contributed by atoms with Gasteiger partial charge in [-0.05, 0) is 32.1 Å². The standard InChI is InChI=1S/C15H26N4/c1-5-15(6-2)7-9-19(10-8-15)14-11(3)13(16)17-12(4)18-14/h5-10H2,1-4H3,(H2,16,17,18). The molecule has 0 unspecified atom stereocenters. The average Bonchev–Trinajstić information content (AvgIpc) is 2.43. The topological polar surface area (TPSA) is 55.0 Å². The number of rotatable bonds is 3. The fraction of sp³-hybridized carbons (Fsp3) is 0.733. The molecule has 4 nitrogen and oxygen atoms in total. The molecule has 0 radical (unpaired) electrons. The minimum atomic E-state index is 0.540. The van der Waals surface area contributed by atoms with Crippen molar-refractivity contribution in [3.8, 4) is 0 Å². The zero-order valence-electron chi connectivity index (χ0n) is 12.7. The zero-order valence-corrected chi connectivity index (χ0v) is 12.7. The van der Waals surface area contributed by atoms with Crippen molar-refractivity contribution in [1.82, 2.24) is 9.97 Å². The maximum absolute atomic E-state index is 5.96. The van der Waals surface area contributed by atoms with Gasteiger partial charge in [0.05, 0.1) is 0 Å². The Kier molecular flexibility index (Phi) is 3.97. The minimum absolute atomic E-state index is 0.540. The Morgan fingerprint density at radius 2 is 1.68 bits per heavy atom. The van der Waals surface area contributed by atoms with Crippen LogP contribution < -0.4 is 10.6 Å². The fourth-order valence-corrected chi connectivity index (χ4v) is 3.09. The quantitative estimate of drug-likeness (QED) is 0.909. The number of anilines is 2. The summed E-state index contributed by atoms with van der Waals surface area (Å²) in [6, 6.07) is 0. The van der Waals surface area contributed by atoms with Crippen LogP contribution in [0.15, 0.2) is 0 Å². The van der Waals surface area contributed by atoms with Crippen LogP contribution in [0.3, 0.4) is 0 Å². The highest BCUT2D eigenvalue weighted by Gasteiger charge is 2.32. The summed E-state index contributed by atoms with van der Waals surface area (Å²) in [6.07, 6.45) is 5.06. The molecule has 0 amide bonds. The van der Waals surface area contributed by atoms with Gasteiger partial charge in [-0.25, -0.2) is 9.97 Å². The predicted molar refractivity (Wildman–Crippen MR) is 80.4 cm³/mol. The van der Waals surface area contributed by atoms with Gasteiger partial charge in [0.15, 0.2) is 0 Å². The van der Waals surface area contributed by atoms with Crippen LogP contribution in [-0.2, 0) is 0 Å². The van der Waals surface area contributed by atoms with Crippen molar-refractivity contribution < 1.29 is 0 Å². The first-order valence-electron chi connectivity index (χ1n) is 7.37. The number of nitrogens with two attached hydrogens (primary N) is 1. The monoisotopic (exact) mass is 262 g/mol. The Morgan fingerprint density at radius 1 is 1.11 bits per heavy atom. The Labute approximate surface area is 116 Å². The van der Waals surface area contributed by atoms with Gasteiger partial charge < -0.3 is 10.6 Å². The number of aryl methyl sites for hydroxylation is 1. The molecule has 1 aliphatic rings. The third-order valence-corrected chi connectivity index (χ3v) is 4.89. The Balaban J connectivity index is 2.18. The molecular weight excluding hydrogens is 236 g/mol. The van der Waals surface area contributed by atoms with Crippen molar-refractivity contribution in [3.63, 3.8) is 0 Å². The molecule has 2 rings (SSSR count). The maximum atomic E-state index is 5.96. The van der Waals surface area contributed by atoms with Crippen LogP contribution in [0.5, 0.6) is 0 Å². The molecule has 0 bridgehead atoms. The number of nitrogen functional groups attached to an aromatic ring is 1. The Hall–Kier alpha value is -1.32. The lowest BCUT2D eigenvalue weighted by atomic mass is 9.74. The molecule has 1 aromatic rings. The van der Waals surface area contributed by atoms with Crippen LogP contribution in [0.25, 0.3) is 0 Å². The van der Waals surface area contributed by atoms with Crippen molar-refractivity contribution in [1.29, 1.82) is 0 Å². The van der Waals surface area contributed by atoms with E-state index in [2.05, 4.69) is 28.7 Å². The number of hydrogen-bond donors (Lipinski definition) is 1. The maximum Gasteiger partial charge on any atom is 0.137 e. The predicted octanol–water partition coefficient (Wildman–Crippen LogP) is 3.08. The molecule has 0 atom stereocenters. The summed E-state index contributed by atoms with van der Waals surface area (Å²) in [5, 5.41) is 0. The van der Waals surface area contributed by atoms with Crippen molar-refractivity contribution >= 4 is 11.6 Å². The van der Waals surface area contributed by atoms with Crippen LogP contribution >= 0.6 is 0 Å². The van der Waals surface area contributed by atoms with E-state index in [1.807, 2.05) is 13.8 Å². The van der Waals surface area contributed by atoms with Gasteiger partial charge in [-0.2, -0.15) is 0 Å². The molecule has 1 saturated heterocycles. The third kappa shape index (κ3) is 2.67. The fourth-order valence-electron chi connectivity index (χ4n) is 3.09. The van der Waals surface area contributed by atoms with Gasteiger partial charge in [0.2, 0.25) is 0 Å². The first-order valence-corrected chi connectivity index (χ1v) is 7.37. The summed E-state index contributed by atoms with van der Waals surface area (Å²) in [4.78, 5) is 11.2. The highest BCUT2D eigenvalue weighted by molar-refractivity contribution is 5.56. The summed E-state index contributed by atoms with van der Waals surface area (Å²) < 4.78 is 0. The highest BCUT2D eigenvalue weighted by Crippen LogP contribution is 2.39. The molecule has 2 heterocycles. The summed E-state index contributed by atoms with van der Waals surface area (Å²) in [5.74, 6) is 2.41. The summed E-state index contributed by atoms with van der Waals surface area (Å²) in [6.45, 7) is 10.7. The van der Waals surface area contributed by atoms with Crippen LogP contribution in [0, 0.1) is 19.3 Å². The second kappa shape index (κ2) is 5.35. The molecule has 0 spiro atoms. The Bertz CT molecular complexity index is 442. The lowest BCUT2D eigenvalue weighted by Gasteiger charge is -2.41. The van der Waals surface area contributed by atoms with E-state index >= 15 is 0 Å². The molecule has 4 heteroatoms. The Morgan fingerprint density at radius 3 is 2.21 bits per heavy atom. The van der Waals surface area contributed by atoms with Crippen molar-refractivity contribution in [2.75, 3.05) is 23.7 Å². The summed E-state index contributed by atoms with van der Waals surface area (Å²) in [7, 11) is 0. The molecular formula is C15H26N4. The van der Waals surface area contributed by atoms with Crippen molar-refractivity contribution in [2.45, 2.75) is 53.4 Å². The lowest BCUT2D eigenvalue weighted by molar-refractivity contribution is 0.199. The first-order chi connectivity index (χ1) is 9.01. The second-order valence-electron chi connectivity index (χ2n) is 5.80. The third-order valence-electron chi connectivity index (χ3n) is 4.89. The average molecular weight is 262 g/mol. The second-order valence-corrected chi connectivity index (χ2v) is 5.80. The molecule has 0 aliphatic carbocycles. The lowest BCUT2D eigenvalue weighted by Crippen LogP contribution is -2.40. The number of hydrogen-bond acceptors (Lipinski definition) is 4. The van der Waals surface area contributed by atoms with E-state index in [1.165, 1.54) is 25.7 Å². The van der Waals surface area contributed by atoms with Gasteiger partial charge in [0.25, 0.3) is 0 Å². The normalized spacial score (nSPS) is 18.6. The minimum Gasteiger partial charge on any atom is -0.383 e. The van der Waals surface area contributed by atoms with Gasteiger partial charge in [-0.1, -0.05) is 26.7 Å². The van der Waals surface area contributed by atoms with Crippen molar-refractivity contribution in [2.24, 2.45) is 5.41 Å². The van der Waals surface area contributed by atoms with Crippen LogP contribution in [0.2, 0.25) is 0 Å². The SMILES string of the molecule is CCC1(CC)CCN(c2nc(C)nc(N)c2C)CC1. The number of piperidine rings is 1. The molecule has 1 aromatic heterocycles. The van der Waals surface area contributed by atoms with E-state index in [-0.39, 0.29) is 0 Å². The highest BCUT2D eigenvalue weighted by atomic mass is 15.2. The van der Waals surface area contributed by atoms with Crippen LogP contribution in [0.1, 0.15) is 50.9 Å². The zero-order chi connectivity index (χ0) is 14.0. The molecule has 0 aromatic carbocycles. The van der Waals surface area contributed by atoms with E-state index in [0.29, 0.717) is 11.2 Å². The van der Waals surface area contributed by atoms with Gasteiger partial charge in [0.1, 0.15) is 17.5 Å². The molecule has 1 fully saturated rings. The van der Waals surface area contributed by atoms with E-state index in [9.17, 15) is 0 Å². The molecule has 2 N–H and O–H groups in total. The van der Waals surface area contributed by atoms with Gasteiger partial charge in [-0.15, -0.1) is 0 Å². The van der Waals surface area contributed by atoms with Gasteiger partial charge in [-0.3, -0.25) is 0 Å². The molecule has 19 heavy (non-hydrogen) atoms. The molecule has 0 saturated carbocycles. The van der Waals surface area contributed by atoms with Gasteiger partial charge in [0, 0.05) is 18.7 Å². The van der Waals surface area contributed by atoms with Crippen LogP contribution in [-0.4, -0.2) is 23.1 Å². The summed E-state index contributed by atoms with van der Waals surface area (Å²) in [5.41, 5.74) is 7.52.